The highest BCUT2D eigenvalue weighted by atomic mass is 16.2. The van der Waals surface area contributed by atoms with Crippen LogP contribution in [0.2, 0.25) is 0 Å². The minimum Gasteiger partial charge on any atom is -0.337 e. The van der Waals surface area contributed by atoms with Crippen molar-refractivity contribution in [2.24, 2.45) is 0 Å². The van der Waals surface area contributed by atoms with Crippen molar-refractivity contribution in [1.29, 1.82) is 0 Å². The topological polar surface area (TPSA) is 107 Å². The number of amides is 2. The zero-order valence-electron chi connectivity index (χ0n) is 17.5. The van der Waals surface area contributed by atoms with Crippen LogP contribution in [0.3, 0.4) is 0 Å². The minimum atomic E-state index is -0.893. The Bertz CT molecular complexity index is 1040. The van der Waals surface area contributed by atoms with Gasteiger partial charge in [0.15, 0.2) is 0 Å². The van der Waals surface area contributed by atoms with Gasteiger partial charge in [-0.25, -0.2) is 0 Å². The maximum absolute atomic E-state index is 13.0. The minimum absolute atomic E-state index is 0.0920. The number of fused-ring (bicyclic) bond motifs is 1. The van der Waals surface area contributed by atoms with Crippen LogP contribution >= 0.6 is 0 Å². The molecule has 30 heavy (non-hydrogen) atoms. The average Bonchev–Trinajstić information content (AvgIpc) is 2.67. The molecule has 2 amide bonds. The first-order valence-corrected chi connectivity index (χ1v) is 10.4. The van der Waals surface area contributed by atoms with Gasteiger partial charge in [-0.1, -0.05) is 12.1 Å². The molecule has 3 heterocycles. The number of aryl methyl sites for hydroxylation is 1. The number of aromatic nitrogens is 2. The summed E-state index contributed by atoms with van der Waals surface area (Å²) in [5.41, 5.74) is 1.46. The monoisotopic (exact) mass is 409 g/mol. The maximum atomic E-state index is 13.0. The molecule has 3 N–H and O–H groups in total. The van der Waals surface area contributed by atoms with Gasteiger partial charge in [-0.15, -0.1) is 0 Å². The van der Waals surface area contributed by atoms with E-state index in [0.29, 0.717) is 11.6 Å². The molecular weight excluding hydrogens is 382 g/mol. The standard InChI is InChI=1S/C22H27N5O3/c1-12-6-4-9-15(10-12)23-20(29)16-11-17(28)24-19-18(16)21(30)26-22(25-19)27-13(2)7-5-8-14(27)3/h4,6,9-10,13-14,16H,5,7-8,11H2,1-3H3,(H,23,29)(H2,24,25,26,28,30)/t13-,14+,16-/m1/s1. The smallest absolute Gasteiger partial charge is 0.258 e. The zero-order valence-corrected chi connectivity index (χ0v) is 17.5. The van der Waals surface area contributed by atoms with Crippen LogP contribution in [-0.4, -0.2) is 33.9 Å². The predicted octanol–water partition coefficient (Wildman–Crippen LogP) is 2.91. The summed E-state index contributed by atoms with van der Waals surface area (Å²) in [6, 6.07) is 7.85. The highest BCUT2D eigenvalue weighted by Crippen LogP contribution is 2.32. The third kappa shape index (κ3) is 3.81. The molecule has 8 heteroatoms. The Hall–Kier alpha value is -3.16. The van der Waals surface area contributed by atoms with Crippen LogP contribution in [0.5, 0.6) is 0 Å². The molecule has 1 fully saturated rings. The number of anilines is 3. The fraction of sp³-hybridized carbons (Fsp3) is 0.455. The Morgan fingerprint density at radius 3 is 2.63 bits per heavy atom. The van der Waals surface area contributed by atoms with Crippen LogP contribution in [0, 0.1) is 6.92 Å². The van der Waals surface area contributed by atoms with Crippen molar-refractivity contribution in [3.8, 4) is 0 Å². The fourth-order valence-corrected chi connectivity index (χ4v) is 4.50. The fourth-order valence-electron chi connectivity index (χ4n) is 4.50. The van der Waals surface area contributed by atoms with Gasteiger partial charge in [0, 0.05) is 24.2 Å². The van der Waals surface area contributed by atoms with E-state index in [1.54, 1.807) is 6.07 Å². The van der Waals surface area contributed by atoms with Crippen LogP contribution < -0.4 is 21.1 Å². The van der Waals surface area contributed by atoms with E-state index in [4.69, 9.17) is 0 Å². The van der Waals surface area contributed by atoms with Gasteiger partial charge in [0.2, 0.25) is 17.8 Å². The number of H-pyrrole nitrogens is 1. The van der Waals surface area contributed by atoms with Gasteiger partial charge in [-0.05, 0) is 57.7 Å². The van der Waals surface area contributed by atoms with E-state index in [0.717, 1.165) is 24.8 Å². The van der Waals surface area contributed by atoms with Crippen LogP contribution in [0.15, 0.2) is 29.1 Å². The molecule has 0 aliphatic carbocycles. The number of carbonyl (C=O) groups is 2. The Balaban J connectivity index is 1.68. The van der Waals surface area contributed by atoms with Crippen LogP contribution in [-0.2, 0) is 9.59 Å². The molecule has 158 valence electrons. The van der Waals surface area contributed by atoms with Gasteiger partial charge in [-0.3, -0.25) is 19.4 Å². The highest BCUT2D eigenvalue weighted by Gasteiger charge is 2.36. The number of hydrogen-bond acceptors (Lipinski definition) is 5. The van der Waals surface area contributed by atoms with E-state index in [9.17, 15) is 14.4 Å². The summed E-state index contributed by atoms with van der Waals surface area (Å²) in [6.07, 6.45) is 3.06. The van der Waals surface area contributed by atoms with E-state index in [-0.39, 0.29) is 41.4 Å². The van der Waals surface area contributed by atoms with Gasteiger partial charge in [0.05, 0.1) is 11.5 Å². The number of piperidine rings is 1. The summed E-state index contributed by atoms with van der Waals surface area (Å²) in [5.74, 6) is -0.985. The molecule has 8 nitrogen and oxygen atoms in total. The molecule has 0 unspecified atom stereocenters. The second-order valence-corrected chi connectivity index (χ2v) is 8.35. The van der Waals surface area contributed by atoms with E-state index in [1.165, 1.54) is 0 Å². The first kappa shape index (κ1) is 20.1. The van der Waals surface area contributed by atoms with Gasteiger partial charge in [0.25, 0.3) is 5.56 Å². The lowest BCUT2D eigenvalue weighted by Crippen LogP contribution is -2.46. The largest absolute Gasteiger partial charge is 0.337 e. The van der Waals surface area contributed by atoms with Crippen LogP contribution in [0.25, 0.3) is 0 Å². The number of hydrogen-bond donors (Lipinski definition) is 3. The molecule has 0 spiro atoms. The van der Waals surface area contributed by atoms with Crippen molar-refractivity contribution in [1.82, 2.24) is 9.97 Å². The molecule has 4 rings (SSSR count). The maximum Gasteiger partial charge on any atom is 0.258 e. The Labute approximate surface area is 175 Å². The molecule has 2 aliphatic rings. The van der Waals surface area contributed by atoms with Crippen molar-refractivity contribution in [2.75, 3.05) is 15.5 Å². The number of nitrogens with zero attached hydrogens (tertiary/aromatic N) is 2. The summed E-state index contributed by atoms with van der Waals surface area (Å²) in [5, 5.41) is 5.51. The highest BCUT2D eigenvalue weighted by molar-refractivity contribution is 6.04. The molecule has 3 atom stereocenters. The quantitative estimate of drug-likeness (QED) is 0.723. The van der Waals surface area contributed by atoms with E-state index in [2.05, 4.69) is 39.3 Å². The summed E-state index contributed by atoms with van der Waals surface area (Å²) >= 11 is 0. The third-order valence-corrected chi connectivity index (χ3v) is 5.98. The van der Waals surface area contributed by atoms with Crippen molar-refractivity contribution in [3.63, 3.8) is 0 Å². The second-order valence-electron chi connectivity index (χ2n) is 8.35. The van der Waals surface area contributed by atoms with Gasteiger partial charge < -0.3 is 15.5 Å². The first-order valence-electron chi connectivity index (χ1n) is 10.4. The molecule has 1 aromatic carbocycles. The number of nitrogens with one attached hydrogen (secondary N) is 3. The van der Waals surface area contributed by atoms with Gasteiger partial charge in [0.1, 0.15) is 5.82 Å². The Morgan fingerprint density at radius 2 is 1.93 bits per heavy atom. The third-order valence-electron chi connectivity index (χ3n) is 5.98. The number of carbonyl (C=O) groups excluding carboxylic acids is 2. The first-order chi connectivity index (χ1) is 14.3. The van der Waals surface area contributed by atoms with Crippen molar-refractivity contribution in [3.05, 3.63) is 45.7 Å². The van der Waals surface area contributed by atoms with E-state index >= 15 is 0 Å². The molecule has 2 aliphatic heterocycles. The lowest BCUT2D eigenvalue weighted by Gasteiger charge is -2.39. The summed E-state index contributed by atoms with van der Waals surface area (Å²) < 4.78 is 0. The Morgan fingerprint density at radius 1 is 1.20 bits per heavy atom. The van der Waals surface area contributed by atoms with Crippen molar-refractivity contribution >= 4 is 29.3 Å². The van der Waals surface area contributed by atoms with E-state index < -0.39 is 11.8 Å². The van der Waals surface area contributed by atoms with Crippen molar-refractivity contribution in [2.45, 2.75) is 64.5 Å². The predicted molar refractivity (Wildman–Crippen MR) is 116 cm³/mol. The van der Waals surface area contributed by atoms with Crippen LogP contribution in [0.4, 0.5) is 17.5 Å². The molecule has 0 bridgehead atoms. The lowest BCUT2D eigenvalue weighted by atomic mass is 9.92. The molecule has 2 aromatic rings. The van der Waals surface area contributed by atoms with Gasteiger partial charge >= 0.3 is 0 Å². The number of rotatable bonds is 3. The van der Waals surface area contributed by atoms with E-state index in [1.807, 2.05) is 25.1 Å². The summed E-state index contributed by atoms with van der Waals surface area (Å²) in [7, 11) is 0. The normalized spacial score (nSPS) is 23.5. The molecule has 0 radical (unpaired) electrons. The second kappa shape index (κ2) is 7.93. The molecule has 1 saturated heterocycles. The molecular formula is C22H27N5O3. The summed E-state index contributed by atoms with van der Waals surface area (Å²) in [4.78, 5) is 47.8. The lowest BCUT2D eigenvalue weighted by molar-refractivity contribution is -0.123. The summed E-state index contributed by atoms with van der Waals surface area (Å²) in [6.45, 7) is 6.13. The van der Waals surface area contributed by atoms with Crippen molar-refractivity contribution < 1.29 is 9.59 Å². The SMILES string of the molecule is Cc1cccc(NC(=O)[C@@H]2CC(=O)Nc3nc(N4[C@H](C)CCC[C@@H]4C)[nH]c(=O)c32)c1. The molecule has 1 aromatic heterocycles. The van der Waals surface area contributed by atoms with Gasteiger partial charge in [-0.2, -0.15) is 4.98 Å². The molecule has 0 saturated carbocycles. The zero-order chi connectivity index (χ0) is 21.4. The van der Waals surface area contributed by atoms with Crippen LogP contribution in [0.1, 0.15) is 56.6 Å². The average molecular weight is 409 g/mol. The number of aromatic amines is 1. The Kier molecular flexibility index (Phi) is 5.32. The number of benzene rings is 1.